The standard InChI is InChI=1S/C19H25ClN2O3S/c20-16-3-5-17(6-4-16)26(24,25)22-9-7-14(8-10-22)19(23)21-18-12-13-1-2-15(18)11-13/h3-6,13-15,18H,1-2,7-12H2,(H,21,23)/t13-,15-,18-/m1/s1. The molecule has 0 aromatic heterocycles. The summed E-state index contributed by atoms with van der Waals surface area (Å²) in [5, 5.41) is 3.76. The van der Waals surface area contributed by atoms with E-state index in [1.807, 2.05) is 0 Å². The topological polar surface area (TPSA) is 66.5 Å². The van der Waals surface area contributed by atoms with Gasteiger partial charge in [0.1, 0.15) is 0 Å². The van der Waals surface area contributed by atoms with Crippen LogP contribution in [0.2, 0.25) is 5.02 Å². The monoisotopic (exact) mass is 396 g/mol. The first-order valence-electron chi connectivity index (χ1n) is 9.49. The van der Waals surface area contributed by atoms with E-state index in [1.165, 1.54) is 35.7 Å². The largest absolute Gasteiger partial charge is 0.353 e. The molecule has 1 amide bonds. The maximum atomic E-state index is 12.7. The van der Waals surface area contributed by atoms with Gasteiger partial charge in [-0.3, -0.25) is 4.79 Å². The van der Waals surface area contributed by atoms with Gasteiger partial charge in [0.2, 0.25) is 15.9 Å². The second-order valence-corrected chi connectivity index (χ2v) is 10.3. The van der Waals surface area contributed by atoms with Crippen molar-refractivity contribution < 1.29 is 13.2 Å². The summed E-state index contributed by atoms with van der Waals surface area (Å²) in [6.07, 6.45) is 6.12. The van der Waals surface area contributed by atoms with Gasteiger partial charge in [-0.1, -0.05) is 18.0 Å². The van der Waals surface area contributed by atoms with Crippen molar-refractivity contribution in [1.82, 2.24) is 9.62 Å². The van der Waals surface area contributed by atoms with Gasteiger partial charge in [-0.2, -0.15) is 4.31 Å². The number of rotatable bonds is 4. The first kappa shape index (κ1) is 18.3. The summed E-state index contributed by atoms with van der Waals surface area (Å²) in [6.45, 7) is 0.777. The minimum absolute atomic E-state index is 0.0780. The van der Waals surface area contributed by atoms with Crippen LogP contribution in [0.15, 0.2) is 29.2 Å². The molecule has 0 spiro atoms. The summed E-state index contributed by atoms with van der Waals surface area (Å²) >= 11 is 5.84. The molecule has 1 saturated heterocycles. The first-order chi connectivity index (χ1) is 12.4. The van der Waals surface area contributed by atoms with Crippen LogP contribution in [0.3, 0.4) is 0 Å². The molecular formula is C19H25ClN2O3S. The van der Waals surface area contributed by atoms with Crippen molar-refractivity contribution in [2.75, 3.05) is 13.1 Å². The zero-order chi connectivity index (χ0) is 18.3. The SMILES string of the molecule is O=C(N[C@@H]1C[C@@H]2CC[C@@H]1C2)C1CCN(S(=O)(=O)c2ccc(Cl)cc2)CC1. The second kappa shape index (κ2) is 7.13. The zero-order valence-corrected chi connectivity index (χ0v) is 16.3. The Morgan fingerprint density at radius 3 is 2.31 bits per heavy atom. The lowest BCUT2D eigenvalue weighted by molar-refractivity contribution is -0.127. The predicted molar refractivity (Wildman–Crippen MR) is 100 cm³/mol. The molecule has 1 aliphatic heterocycles. The van der Waals surface area contributed by atoms with Gasteiger partial charge in [0, 0.05) is 30.1 Å². The van der Waals surface area contributed by atoms with Crippen LogP contribution in [0.4, 0.5) is 0 Å². The third kappa shape index (κ3) is 3.51. The van der Waals surface area contributed by atoms with Crippen molar-refractivity contribution in [2.45, 2.75) is 49.5 Å². The van der Waals surface area contributed by atoms with E-state index >= 15 is 0 Å². The molecule has 1 aromatic carbocycles. The van der Waals surface area contributed by atoms with E-state index < -0.39 is 10.0 Å². The Labute approximate surface area is 160 Å². The molecule has 0 unspecified atom stereocenters. The van der Waals surface area contributed by atoms with Crippen molar-refractivity contribution in [1.29, 1.82) is 0 Å². The summed E-state index contributed by atoms with van der Waals surface area (Å²) < 4.78 is 26.9. The Hall–Kier alpha value is -1.11. The average Bonchev–Trinajstić information content (AvgIpc) is 3.25. The molecule has 1 heterocycles. The molecule has 2 bridgehead atoms. The number of hydrogen-bond donors (Lipinski definition) is 1. The van der Waals surface area contributed by atoms with Gasteiger partial charge < -0.3 is 5.32 Å². The van der Waals surface area contributed by atoms with Crippen LogP contribution < -0.4 is 5.32 Å². The molecule has 26 heavy (non-hydrogen) atoms. The highest BCUT2D eigenvalue weighted by molar-refractivity contribution is 7.89. The maximum absolute atomic E-state index is 12.7. The fourth-order valence-electron chi connectivity index (χ4n) is 4.84. The summed E-state index contributed by atoms with van der Waals surface area (Å²) in [6, 6.07) is 6.59. The Kier molecular flexibility index (Phi) is 5.01. The average molecular weight is 397 g/mol. The molecule has 1 N–H and O–H groups in total. The van der Waals surface area contributed by atoms with Crippen LogP contribution >= 0.6 is 11.6 Å². The third-order valence-corrected chi connectivity index (χ3v) is 8.51. The molecule has 5 nitrogen and oxygen atoms in total. The lowest BCUT2D eigenvalue weighted by atomic mass is 9.93. The van der Waals surface area contributed by atoms with Gasteiger partial charge in [0.25, 0.3) is 0 Å². The molecule has 3 fully saturated rings. The van der Waals surface area contributed by atoms with E-state index in [4.69, 9.17) is 11.6 Å². The highest BCUT2D eigenvalue weighted by Crippen LogP contribution is 2.44. The number of carbonyl (C=O) groups excluding carboxylic acids is 1. The summed E-state index contributed by atoms with van der Waals surface area (Å²) in [5.74, 6) is 1.50. The number of halogens is 1. The number of sulfonamides is 1. The molecule has 3 aliphatic rings. The van der Waals surface area contributed by atoms with Crippen molar-refractivity contribution in [3.05, 3.63) is 29.3 Å². The minimum Gasteiger partial charge on any atom is -0.353 e. The van der Waals surface area contributed by atoms with Crippen molar-refractivity contribution in [2.24, 2.45) is 17.8 Å². The number of benzene rings is 1. The molecule has 2 saturated carbocycles. The van der Waals surface area contributed by atoms with E-state index in [1.54, 1.807) is 12.1 Å². The van der Waals surface area contributed by atoms with Gasteiger partial charge in [0.05, 0.1) is 4.90 Å². The van der Waals surface area contributed by atoms with Gasteiger partial charge in [0.15, 0.2) is 0 Å². The number of fused-ring (bicyclic) bond motifs is 2. The van der Waals surface area contributed by atoms with E-state index in [0.29, 0.717) is 42.9 Å². The van der Waals surface area contributed by atoms with Gasteiger partial charge in [-0.15, -0.1) is 0 Å². The third-order valence-electron chi connectivity index (χ3n) is 6.34. The van der Waals surface area contributed by atoms with Gasteiger partial charge in [-0.25, -0.2) is 8.42 Å². The zero-order valence-electron chi connectivity index (χ0n) is 14.7. The summed E-state index contributed by atoms with van der Waals surface area (Å²) in [7, 11) is -3.51. The number of piperidine rings is 1. The fourth-order valence-corrected chi connectivity index (χ4v) is 6.43. The molecule has 7 heteroatoms. The smallest absolute Gasteiger partial charge is 0.243 e. The van der Waals surface area contributed by atoms with Crippen LogP contribution in [0.25, 0.3) is 0 Å². The normalized spacial score (nSPS) is 29.8. The highest BCUT2D eigenvalue weighted by Gasteiger charge is 2.41. The Balaban J connectivity index is 1.33. The molecule has 4 rings (SSSR count). The minimum atomic E-state index is -3.51. The van der Waals surface area contributed by atoms with Gasteiger partial charge in [-0.05, 0) is 68.2 Å². The van der Waals surface area contributed by atoms with Crippen molar-refractivity contribution in [3.8, 4) is 0 Å². The van der Waals surface area contributed by atoms with Crippen molar-refractivity contribution >= 4 is 27.5 Å². The molecule has 3 atom stereocenters. The lowest BCUT2D eigenvalue weighted by Gasteiger charge is -2.32. The van der Waals surface area contributed by atoms with Crippen molar-refractivity contribution in [3.63, 3.8) is 0 Å². The van der Waals surface area contributed by atoms with Crippen LogP contribution in [0.1, 0.15) is 38.5 Å². The highest BCUT2D eigenvalue weighted by atomic mass is 35.5. The number of nitrogens with zero attached hydrogens (tertiary/aromatic N) is 1. The number of nitrogens with one attached hydrogen (secondary N) is 1. The fraction of sp³-hybridized carbons (Fsp3) is 0.632. The Morgan fingerprint density at radius 2 is 1.73 bits per heavy atom. The lowest BCUT2D eigenvalue weighted by Crippen LogP contribution is -2.46. The summed E-state index contributed by atoms with van der Waals surface area (Å²) in [4.78, 5) is 12.9. The summed E-state index contributed by atoms with van der Waals surface area (Å²) in [5.41, 5.74) is 0. The Bertz CT molecular complexity index is 772. The molecule has 2 aliphatic carbocycles. The van der Waals surface area contributed by atoms with E-state index in [9.17, 15) is 13.2 Å². The molecule has 142 valence electrons. The predicted octanol–water partition coefficient (Wildman–Crippen LogP) is 3.05. The van der Waals surface area contributed by atoms with Crippen LogP contribution in [-0.2, 0) is 14.8 Å². The van der Waals surface area contributed by atoms with Crippen LogP contribution in [0, 0.1) is 17.8 Å². The van der Waals surface area contributed by atoms with Gasteiger partial charge >= 0.3 is 0 Å². The number of carbonyl (C=O) groups is 1. The molecule has 1 aromatic rings. The van der Waals surface area contributed by atoms with Crippen LogP contribution in [-0.4, -0.2) is 37.8 Å². The van der Waals surface area contributed by atoms with Crippen LogP contribution in [0.5, 0.6) is 0 Å². The van der Waals surface area contributed by atoms with E-state index in [0.717, 1.165) is 12.3 Å². The first-order valence-corrected chi connectivity index (χ1v) is 11.3. The Morgan fingerprint density at radius 1 is 1.04 bits per heavy atom. The molecular weight excluding hydrogens is 372 g/mol. The maximum Gasteiger partial charge on any atom is 0.243 e. The second-order valence-electron chi connectivity index (χ2n) is 7.92. The number of hydrogen-bond acceptors (Lipinski definition) is 3. The van der Waals surface area contributed by atoms with E-state index in [-0.39, 0.29) is 16.7 Å². The van der Waals surface area contributed by atoms with E-state index in [2.05, 4.69) is 5.32 Å². The molecule has 0 radical (unpaired) electrons. The number of amides is 1. The quantitative estimate of drug-likeness (QED) is 0.850.